The van der Waals surface area contributed by atoms with E-state index in [1.165, 1.54) is 0 Å². The number of rotatable bonds is 5. The average molecular weight is 198 g/mol. The first-order chi connectivity index (χ1) is 4.31. The molecule has 0 fully saturated rings. The fourth-order valence-corrected chi connectivity index (χ4v) is 0.699. The SMILES string of the molecule is CC(CBr)NCCCF. The fraction of sp³-hybridized carbons (Fsp3) is 1.00. The number of hydrogen-bond donors (Lipinski definition) is 1. The summed E-state index contributed by atoms with van der Waals surface area (Å²) in [5, 5.41) is 4.08. The quantitative estimate of drug-likeness (QED) is 0.523. The van der Waals surface area contributed by atoms with Gasteiger partial charge >= 0.3 is 0 Å². The Morgan fingerprint density at radius 2 is 2.33 bits per heavy atom. The molecule has 56 valence electrons. The van der Waals surface area contributed by atoms with E-state index in [4.69, 9.17) is 0 Å². The molecule has 3 heteroatoms. The van der Waals surface area contributed by atoms with Crippen LogP contribution in [0.1, 0.15) is 13.3 Å². The van der Waals surface area contributed by atoms with Crippen molar-refractivity contribution in [3.8, 4) is 0 Å². The van der Waals surface area contributed by atoms with Gasteiger partial charge in [0.05, 0.1) is 6.67 Å². The summed E-state index contributed by atoms with van der Waals surface area (Å²) in [7, 11) is 0. The van der Waals surface area contributed by atoms with Crippen LogP contribution >= 0.6 is 15.9 Å². The third-order valence-electron chi connectivity index (χ3n) is 1.03. The lowest BCUT2D eigenvalue weighted by Crippen LogP contribution is -2.28. The van der Waals surface area contributed by atoms with Crippen LogP contribution < -0.4 is 5.32 Å². The highest BCUT2D eigenvalue weighted by Gasteiger charge is 1.95. The summed E-state index contributed by atoms with van der Waals surface area (Å²) < 4.78 is 11.5. The number of hydrogen-bond acceptors (Lipinski definition) is 1. The minimum atomic E-state index is -0.220. The maximum absolute atomic E-state index is 11.5. The molecule has 0 aromatic carbocycles. The molecule has 0 saturated carbocycles. The smallest absolute Gasteiger partial charge is 0.0906 e. The monoisotopic (exact) mass is 197 g/mol. The molecule has 1 unspecified atom stereocenters. The molecule has 1 atom stereocenters. The van der Waals surface area contributed by atoms with Gasteiger partial charge in [-0.2, -0.15) is 0 Å². The molecule has 0 aliphatic rings. The summed E-state index contributed by atoms with van der Waals surface area (Å²) in [5.74, 6) is 0. The molecule has 0 aromatic heterocycles. The van der Waals surface area contributed by atoms with Crippen LogP contribution in [0, 0.1) is 0 Å². The zero-order chi connectivity index (χ0) is 7.11. The molecule has 0 bridgehead atoms. The fourth-order valence-electron chi connectivity index (χ4n) is 0.470. The molecular formula is C6H13BrFN. The second-order valence-electron chi connectivity index (χ2n) is 2.05. The molecule has 0 spiro atoms. The van der Waals surface area contributed by atoms with Gasteiger partial charge in [-0.25, -0.2) is 0 Å². The predicted octanol–water partition coefficient (Wildman–Crippen LogP) is 1.72. The van der Waals surface area contributed by atoms with Gasteiger partial charge < -0.3 is 5.32 Å². The average Bonchev–Trinajstić information content (AvgIpc) is 1.89. The van der Waals surface area contributed by atoms with Crippen molar-refractivity contribution in [2.75, 3.05) is 18.5 Å². The molecule has 0 heterocycles. The van der Waals surface area contributed by atoms with Crippen molar-refractivity contribution in [1.29, 1.82) is 0 Å². The van der Waals surface area contributed by atoms with Crippen molar-refractivity contribution in [1.82, 2.24) is 5.32 Å². The Kier molecular flexibility index (Phi) is 6.76. The Bertz CT molecular complexity index is 61.0. The summed E-state index contributed by atoms with van der Waals surface area (Å²) in [5.41, 5.74) is 0. The van der Waals surface area contributed by atoms with Gasteiger partial charge in [0.2, 0.25) is 0 Å². The Morgan fingerprint density at radius 1 is 1.67 bits per heavy atom. The van der Waals surface area contributed by atoms with Crippen LogP contribution in [-0.4, -0.2) is 24.6 Å². The van der Waals surface area contributed by atoms with Gasteiger partial charge in [-0.05, 0) is 19.9 Å². The van der Waals surface area contributed by atoms with E-state index in [1.54, 1.807) is 0 Å². The predicted molar refractivity (Wildman–Crippen MR) is 41.9 cm³/mol. The first-order valence-corrected chi connectivity index (χ1v) is 4.28. The largest absolute Gasteiger partial charge is 0.313 e. The summed E-state index contributed by atoms with van der Waals surface area (Å²) in [4.78, 5) is 0. The van der Waals surface area contributed by atoms with Gasteiger partial charge in [0.1, 0.15) is 0 Å². The van der Waals surface area contributed by atoms with Crippen LogP contribution in [0.4, 0.5) is 4.39 Å². The van der Waals surface area contributed by atoms with Crippen LogP contribution in [0.25, 0.3) is 0 Å². The van der Waals surface area contributed by atoms with E-state index in [9.17, 15) is 4.39 Å². The van der Waals surface area contributed by atoms with E-state index in [2.05, 4.69) is 28.2 Å². The summed E-state index contributed by atoms with van der Waals surface area (Å²) >= 11 is 3.31. The van der Waals surface area contributed by atoms with Crippen LogP contribution in [0.5, 0.6) is 0 Å². The highest BCUT2D eigenvalue weighted by Crippen LogP contribution is 1.88. The molecule has 1 nitrogen and oxygen atoms in total. The molecule has 9 heavy (non-hydrogen) atoms. The van der Waals surface area contributed by atoms with Crippen LogP contribution in [0.15, 0.2) is 0 Å². The van der Waals surface area contributed by atoms with Crippen molar-refractivity contribution in [2.24, 2.45) is 0 Å². The van der Waals surface area contributed by atoms with Crippen molar-refractivity contribution in [3.05, 3.63) is 0 Å². The lowest BCUT2D eigenvalue weighted by atomic mass is 10.3. The molecule has 0 rings (SSSR count). The summed E-state index contributed by atoms with van der Waals surface area (Å²) in [6.45, 7) is 2.62. The normalized spacial score (nSPS) is 13.7. The maximum Gasteiger partial charge on any atom is 0.0906 e. The Hall–Kier alpha value is 0.370. The lowest BCUT2D eigenvalue weighted by molar-refractivity contribution is 0.450. The van der Waals surface area contributed by atoms with Gasteiger partial charge in [0.25, 0.3) is 0 Å². The van der Waals surface area contributed by atoms with Crippen molar-refractivity contribution >= 4 is 15.9 Å². The minimum absolute atomic E-state index is 0.220. The van der Waals surface area contributed by atoms with E-state index >= 15 is 0 Å². The first kappa shape index (κ1) is 9.37. The highest BCUT2D eigenvalue weighted by molar-refractivity contribution is 9.09. The second kappa shape index (κ2) is 6.49. The number of alkyl halides is 2. The number of nitrogens with one attached hydrogen (secondary N) is 1. The second-order valence-corrected chi connectivity index (χ2v) is 2.70. The third kappa shape index (κ3) is 6.25. The summed E-state index contributed by atoms with van der Waals surface area (Å²) in [6.07, 6.45) is 0.622. The zero-order valence-electron chi connectivity index (χ0n) is 5.66. The van der Waals surface area contributed by atoms with E-state index in [0.29, 0.717) is 12.5 Å². The molecule has 0 aliphatic carbocycles. The van der Waals surface area contributed by atoms with Crippen LogP contribution in [0.2, 0.25) is 0 Å². The van der Waals surface area contributed by atoms with E-state index < -0.39 is 0 Å². The van der Waals surface area contributed by atoms with Gasteiger partial charge in [-0.1, -0.05) is 15.9 Å². The highest BCUT2D eigenvalue weighted by atomic mass is 79.9. The molecular weight excluding hydrogens is 185 g/mol. The van der Waals surface area contributed by atoms with Gasteiger partial charge in [0, 0.05) is 11.4 Å². The van der Waals surface area contributed by atoms with E-state index in [1.807, 2.05) is 0 Å². The van der Waals surface area contributed by atoms with Gasteiger partial charge in [-0.15, -0.1) is 0 Å². The van der Waals surface area contributed by atoms with Crippen molar-refractivity contribution in [3.63, 3.8) is 0 Å². The topological polar surface area (TPSA) is 12.0 Å². The summed E-state index contributed by atoms with van der Waals surface area (Å²) in [6, 6.07) is 0.455. The van der Waals surface area contributed by atoms with Gasteiger partial charge in [-0.3, -0.25) is 4.39 Å². The molecule has 0 amide bonds. The standard InChI is InChI=1S/C6H13BrFN/c1-6(5-7)9-4-2-3-8/h6,9H,2-5H2,1H3. The molecule has 0 saturated heterocycles. The minimum Gasteiger partial charge on any atom is -0.313 e. The van der Waals surface area contributed by atoms with Crippen molar-refractivity contribution < 1.29 is 4.39 Å². The first-order valence-electron chi connectivity index (χ1n) is 3.16. The van der Waals surface area contributed by atoms with E-state index in [-0.39, 0.29) is 6.67 Å². The lowest BCUT2D eigenvalue weighted by Gasteiger charge is -2.07. The molecule has 0 radical (unpaired) electrons. The van der Waals surface area contributed by atoms with Crippen LogP contribution in [0.3, 0.4) is 0 Å². The Labute approximate surface area is 64.1 Å². The van der Waals surface area contributed by atoms with E-state index in [0.717, 1.165) is 11.9 Å². The van der Waals surface area contributed by atoms with Gasteiger partial charge in [0.15, 0.2) is 0 Å². The Morgan fingerprint density at radius 3 is 2.78 bits per heavy atom. The van der Waals surface area contributed by atoms with Crippen molar-refractivity contribution in [2.45, 2.75) is 19.4 Å². The molecule has 0 aromatic rings. The molecule has 1 N–H and O–H groups in total. The third-order valence-corrected chi connectivity index (χ3v) is 2.01. The van der Waals surface area contributed by atoms with Crippen LogP contribution in [-0.2, 0) is 0 Å². The maximum atomic E-state index is 11.5. The zero-order valence-corrected chi connectivity index (χ0v) is 7.25. The Balaban J connectivity index is 2.88. The molecule has 0 aliphatic heterocycles. The number of halogens is 2.